The number of hydrogen-bond donors (Lipinski definition) is 0. The minimum Gasteiger partial charge on any atom is -0.378 e. The lowest BCUT2D eigenvalue weighted by Gasteiger charge is -2.15. The van der Waals surface area contributed by atoms with Gasteiger partial charge < -0.3 is 4.90 Å². The lowest BCUT2D eigenvalue weighted by molar-refractivity contribution is 0.392. The van der Waals surface area contributed by atoms with E-state index in [4.69, 9.17) is 0 Å². The van der Waals surface area contributed by atoms with Crippen LogP contribution < -0.4 is 0 Å². The number of hydrogen-bond acceptors (Lipinski definition) is 3. The average Bonchev–Trinajstić information content (AvgIpc) is 2.17. The van der Waals surface area contributed by atoms with Crippen LogP contribution in [0.5, 0.6) is 0 Å². The molecule has 0 unspecified atom stereocenters. The highest BCUT2D eigenvalue weighted by atomic mass is 15.1. The fourth-order valence-corrected chi connectivity index (χ4v) is 0.902. The molecule has 0 aliphatic carbocycles. The summed E-state index contributed by atoms with van der Waals surface area (Å²) in [6.07, 6.45) is 2.90. The van der Waals surface area contributed by atoms with Gasteiger partial charge in [-0.25, -0.2) is 9.98 Å². The number of rotatable bonds is 7. The van der Waals surface area contributed by atoms with Crippen molar-refractivity contribution >= 4 is 6.01 Å². The highest BCUT2D eigenvalue weighted by molar-refractivity contribution is 5.40. The zero-order chi connectivity index (χ0) is 9.94. The lowest BCUT2D eigenvalue weighted by atomic mass is 10.4. The minimum atomic E-state index is 0.761. The van der Waals surface area contributed by atoms with Gasteiger partial charge in [0.2, 0.25) is 0 Å². The van der Waals surface area contributed by atoms with Gasteiger partial charge in [-0.3, -0.25) is 0 Å². The summed E-state index contributed by atoms with van der Waals surface area (Å²) in [4.78, 5) is 10.1. The Labute approximate surface area is 80.9 Å². The standard InChI is InChI=1S/C10H19N3/c1-4-11-10-12-8-7-9-13(5-2)6-3/h5H,2,4,6-9H2,1,3H3. The quantitative estimate of drug-likeness (QED) is 0.436. The molecule has 0 saturated heterocycles. The van der Waals surface area contributed by atoms with Crippen LogP contribution in [0.15, 0.2) is 22.8 Å². The largest absolute Gasteiger partial charge is 0.378 e. The maximum absolute atomic E-state index is 4.02. The smallest absolute Gasteiger partial charge is 0.0892 e. The summed E-state index contributed by atoms with van der Waals surface area (Å²) in [7, 11) is 0. The molecule has 0 aromatic rings. The molecule has 0 rings (SSSR count). The predicted octanol–water partition coefficient (Wildman–Crippen LogP) is 2.04. The Hall–Kier alpha value is -1.08. The molecule has 3 heteroatoms. The molecule has 0 fully saturated rings. The summed E-state index contributed by atoms with van der Waals surface area (Å²) in [6.45, 7) is 11.4. The van der Waals surface area contributed by atoms with E-state index in [-0.39, 0.29) is 0 Å². The summed E-state index contributed by atoms with van der Waals surface area (Å²) < 4.78 is 0. The van der Waals surface area contributed by atoms with Crippen molar-refractivity contribution in [3.05, 3.63) is 12.8 Å². The third kappa shape index (κ3) is 7.29. The number of nitrogens with zero attached hydrogens (tertiary/aromatic N) is 3. The Morgan fingerprint density at radius 1 is 1.38 bits per heavy atom. The van der Waals surface area contributed by atoms with Crippen molar-refractivity contribution in [1.82, 2.24) is 4.90 Å². The van der Waals surface area contributed by atoms with E-state index < -0.39 is 0 Å². The Morgan fingerprint density at radius 3 is 2.69 bits per heavy atom. The molecule has 0 atom stereocenters. The molecule has 0 spiro atoms. The van der Waals surface area contributed by atoms with Crippen LogP contribution in [0.4, 0.5) is 0 Å². The third-order valence-electron chi connectivity index (χ3n) is 1.68. The van der Waals surface area contributed by atoms with Crippen molar-refractivity contribution in [3.8, 4) is 0 Å². The van der Waals surface area contributed by atoms with Crippen LogP contribution in [-0.2, 0) is 0 Å². The van der Waals surface area contributed by atoms with Crippen LogP contribution >= 0.6 is 0 Å². The third-order valence-corrected chi connectivity index (χ3v) is 1.68. The van der Waals surface area contributed by atoms with Crippen molar-refractivity contribution < 1.29 is 0 Å². The zero-order valence-corrected chi connectivity index (χ0v) is 8.66. The average molecular weight is 181 g/mol. The molecule has 0 amide bonds. The van der Waals surface area contributed by atoms with Crippen LogP contribution in [0.3, 0.4) is 0 Å². The molecule has 0 aromatic heterocycles. The predicted molar refractivity (Wildman–Crippen MR) is 57.3 cm³/mol. The van der Waals surface area contributed by atoms with E-state index in [1.807, 2.05) is 13.1 Å². The van der Waals surface area contributed by atoms with E-state index in [0.717, 1.165) is 32.6 Å². The summed E-state index contributed by atoms with van der Waals surface area (Å²) >= 11 is 0. The topological polar surface area (TPSA) is 28.0 Å². The summed E-state index contributed by atoms with van der Waals surface area (Å²) in [5.74, 6) is 0. The first-order valence-electron chi connectivity index (χ1n) is 4.79. The van der Waals surface area contributed by atoms with Gasteiger partial charge >= 0.3 is 0 Å². The molecule has 74 valence electrons. The van der Waals surface area contributed by atoms with Gasteiger partial charge in [-0.05, 0) is 26.5 Å². The Kier molecular flexibility index (Phi) is 8.26. The van der Waals surface area contributed by atoms with Crippen molar-refractivity contribution in [3.63, 3.8) is 0 Å². The van der Waals surface area contributed by atoms with E-state index in [2.05, 4.69) is 34.4 Å². The van der Waals surface area contributed by atoms with Gasteiger partial charge in [0, 0.05) is 19.6 Å². The van der Waals surface area contributed by atoms with Gasteiger partial charge in [0.15, 0.2) is 0 Å². The van der Waals surface area contributed by atoms with Gasteiger partial charge in [0.1, 0.15) is 0 Å². The molecule has 0 N–H and O–H groups in total. The van der Waals surface area contributed by atoms with Crippen LogP contribution in [0.2, 0.25) is 0 Å². The molecule has 0 aliphatic rings. The van der Waals surface area contributed by atoms with Crippen molar-refractivity contribution in [2.45, 2.75) is 20.3 Å². The van der Waals surface area contributed by atoms with Gasteiger partial charge in [0.25, 0.3) is 0 Å². The minimum absolute atomic E-state index is 0.761. The van der Waals surface area contributed by atoms with E-state index in [1.54, 1.807) is 0 Å². The molecular formula is C10H19N3. The lowest BCUT2D eigenvalue weighted by Crippen LogP contribution is -2.17. The fourth-order valence-electron chi connectivity index (χ4n) is 0.902. The van der Waals surface area contributed by atoms with E-state index in [0.29, 0.717) is 0 Å². The normalized spacial score (nSPS) is 8.77. The van der Waals surface area contributed by atoms with Gasteiger partial charge in [-0.1, -0.05) is 6.58 Å². The van der Waals surface area contributed by atoms with Crippen molar-refractivity contribution in [2.75, 3.05) is 26.2 Å². The second kappa shape index (κ2) is 9.01. The highest BCUT2D eigenvalue weighted by Gasteiger charge is 1.92. The molecule has 0 radical (unpaired) electrons. The zero-order valence-electron chi connectivity index (χ0n) is 8.66. The molecule has 0 bridgehead atoms. The Morgan fingerprint density at radius 2 is 2.15 bits per heavy atom. The first-order valence-corrected chi connectivity index (χ1v) is 4.79. The van der Waals surface area contributed by atoms with Crippen LogP contribution in [0, 0.1) is 0 Å². The first kappa shape index (κ1) is 11.9. The molecule has 0 aliphatic heterocycles. The van der Waals surface area contributed by atoms with Crippen molar-refractivity contribution in [2.24, 2.45) is 9.98 Å². The molecule has 0 saturated carbocycles. The molecular weight excluding hydrogens is 162 g/mol. The summed E-state index contributed by atoms with van der Waals surface area (Å²) in [5.41, 5.74) is 0. The van der Waals surface area contributed by atoms with Crippen LogP contribution in [-0.4, -0.2) is 37.1 Å². The fraction of sp³-hybridized carbons (Fsp3) is 0.700. The van der Waals surface area contributed by atoms with Gasteiger partial charge in [-0.15, -0.1) is 0 Å². The molecule has 0 heterocycles. The Bertz CT molecular complexity index is 181. The number of aliphatic imine (C=N–C) groups is 2. The first-order chi connectivity index (χ1) is 6.35. The van der Waals surface area contributed by atoms with E-state index >= 15 is 0 Å². The van der Waals surface area contributed by atoms with Gasteiger partial charge in [-0.2, -0.15) is 0 Å². The maximum Gasteiger partial charge on any atom is 0.0892 e. The monoisotopic (exact) mass is 181 g/mol. The highest BCUT2D eigenvalue weighted by Crippen LogP contribution is 1.90. The second-order valence-electron chi connectivity index (χ2n) is 2.62. The summed E-state index contributed by atoms with van der Waals surface area (Å²) in [6, 6.07) is 2.65. The molecule has 3 nitrogen and oxygen atoms in total. The van der Waals surface area contributed by atoms with Crippen LogP contribution in [0.25, 0.3) is 0 Å². The SMILES string of the molecule is C=CN(CC)CCCN=C=NCC. The molecule has 13 heavy (non-hydrogen) atoms. The Balaban J connectivity index is 3.44. The van der Waals surface area contributed by atoms with Crippen molar-refractivity contribution in [1.29, 1.82) is 0 Å². The molecule has 0 aromatic carbocycles. The van der Waals surface area contributed by atoms with Crippen LogP contribution in [0.1, 0.15) is 20.3 Å². The van der Waals surface area contributed by atoms with Gasteiger partial charge in [0.05, 0.1) is 12.6 Å². The maximum atomic E-state index is 4.02. The summed E-state index contributed by atoms with van der Waals surface area (Å²) in [5, 5.41) is 0. The van der Waals surface area contributed by atoms with E-state index in [9.17, 15) is 0 Å². The van der Waals surface area contributed by atoms with E-state index in [1.165, 1.54) is 0 Å². The second-order valence-corrected chi connectivity index (χ2v) is 2.62.